The highest BCUT2D eigenvalue weighted by molar-refractivity contribution is 7.89. The fourth-order valence-corrected chi connectivity index (χ4v) is 6.82. The number of halogens is 3. The molecule has 0 aliphatic carbocycles. The van der Waals surface area contributed by atoms with Crippen molar-refractivity contribution in [3.63, 3.8) is 0 Å². The van der Waals surface area contributed by atoms with Crippen molar-refractivity contribution in [2.75, 3.05) is 0 Å². The molecular weight excluding hydrogens is 589 g/mol. The molecule has 228 valence electrons. The van der Waals surface area contributed by atoms with Gasteiger partial charge in [-0.15, -0.1) is 0 Å². The van der Waals surface area contributed by atoms with E-state index in [1.807, 2.05) is 50.2 Å². The SMILES string of the molecule is CC(=O)C(C)(C)c1cccc(-c2ccc(CN(Cc3ccc(C(F)(F)F)o3)S(=O)(=O)c3c(C)ccc4ncccc34)cc2)c1. The first-order valence-corrected chi connectivity index (χ1v) is 15.3. The quantitative estimate of drug-likeness (QED) is 0.166. The summed E-state index contributed by atoms with van der Waals surface area (Å²) in [5, 5.41) is 0.414. The number of furan rings is 1. The zero-order chi connectivity index (χ0) is 31.9. The number of nitrogens with zero attached hydrogens (tertiary/aromatic N) is 2. The van der Waals surface area contributed by atoms with Crippen LogP contribution in [0.4, 0.5) is 13.2 Å². The fourth-order valence-electron chi connectivity index (χ4n) is 5.02. The molecule has 0 unspecified atom stereocenters. The van der Waals surface area contributed by atoms with Gasteiger partial charge in [0, 0.05) is 23.5 Å². The Balaban J connectivity index is 1.52. The first kappa shape index (κ1) is 31.2. The number of pyridine rings is 1. The lowest BCUT2D eigenvalue weighted by molar-refractivity contribution is -0.153. The minimum Gasteiger partial charge on any atom is -0.455 e. The number of rotatable bonds is 9. The van der Waals surface area contributed by atoms with Crippen LogP contribution in [0.25, 0.3) is 22.0 Å². The zero-order valence-electron chi connectivity index (χ0n) is 24.6. The molecule has 2 aromatic heterocycles. The Morgan fingerprint density at radius 3 is 2.27 bits per heavy atom. The van der Waals surface area contributed by atoms with E-state index in [1.54, 1.807) is 56.4 Å². The lowest BCUT2D eigenvalue weighted by atomic mass is 9.80. The molecule has 3 aromatic carbocycles. The Morgan fingerprint density at radius 1 is 0.886 bits per heavy atom. The van der Waals surface area contributed by atoms with Crippen LogP contribution in [-0.2, 0) is 39.5 Å². The second-order valence-corrected chi connectivity index (χ2v) is 13.2. The van der Waals surface area contributed by atoms with Crippen LogP contribution in [0.2, 0.25) is 0 Å². The fraction of sp³-hybridized carbons (Fsp3) is 0.235. The van der Waals surface area contributed by atoms with Crippen LogP contribution in [0.5, 0.6) is 0 Å². The number of sulfonamides is 1. The standard InChI is InChI=1S/C34H31F3N2O4S/c1-22-10-16-30-29(9-6-18-38-30)32(22)44(41,42)39(21-28-15-17-31(43-28)34(35,36)37)20-24-11-13-25(14-12-24)26-7-5-8-27(19-26)33(3,4)23(2)40/h5-19H,20-21H2,1-4H3. The summed E-state index contributed by atoms with van der Waals surface area (Å²) in [6.45, 7) is 6.43. The van der Waals surface area contributed by atoms with E-state index >= 15 is 0 Å². The van der Waals surface area contributed by atoms with Gasteiger partial charge in [0.25, 0.3) is 0 Å². The minimum absolute atomic E-state index is 0.0345. The molecule has 5 rings (SSSR count). The molecule has 0 amide bonds. The van der Waals surface area contributed by atoms with E-state index in [2.05, 4.69) is 4.98 Å². The summed E-state index contributed by atoms with van der Waals surface area (Å²) in [4.78, 5) is 16.5. The number of hydrogen-bond acceptors (Lipinski definition) is 5. The molecule has 0 fully saturated rings. The number of aromatic nitrogens is 1. The zero-order valence-corrected chi connectivity index (χ0v) is 25.5. The van der Waals surface area contributed by atoms with Gasteiger partial charge < -0.3 is 4.42 Å². The maximum atomic E-state index is 14.3. The third-order valence-electron chi connectivity index (χ3n) is 7.91. The average molecular weight is 621 g/mol. The topological polar surface area (TPSA) is 80.5 Å². The van der Waals surface area contributed by atoms with Crippen molar-refractivity contribution in [3.05, 3.63) is 119 Å². The second kappa shape index (κ2) is 11.7. The summed E-state index contributed by atoms with van der Waals surface area (Å²) in [6, 6.07) is 23.6. The third-order valence-corrected chi connectivity index (χ3v) is 9.91. The molecule has 2 heterocycles. The van der Waals surface area contributed by atoms with Crippen molar-refractivity contribution in [3.8, 4) is 11.1 Å². The van der Waals surface area contributed by atoms with Crippen LogP contribution >= 0.6 is 0 Å². The van der Waals surface area contributed by atoms with Crippen LogP contribution < -0.4 is 0 Å². The van der Waals surface area contributed by atoms with Gasteiger partial charge in [-0.3, -0.25) is 9.78 Å². The summed E-state index contributed by atoms with van der Waals surface area (Å²) < 4.78 is 74.5. The Hall–Kier alpha value is -4.28. The number of fused-ring (bicyclic) bond motifs is 1. The maximum Gasteiger partial charge on any atom is 0.449 e. The van der Waals surface area contributed by atoms with Crippen LogP contribution in [0, 0.1) is 6.92 Å². The van der Waals surface area contributed by atoms with Crippen LogP contribution in [0.1, 0.15) is 49.0 Å². The summed E-state index contributed by atoms with van der Waals surface area (Å²) in [6.07, 6.45) is -3.14. The van der Waals surface area contributed by atoms with Gasteiger partial charge in [0.2, 0.25) is 15.8 Å². The molecular formula is C34H31F3N2O4S. The van der Waals surface area contributed by atoms with E-state index in [0.717, 1.165) is 33.1 Å². The Morgan fingerprint density at radius 2 is 1.61 bits per heavy atom. The third kappa shape index (κ3) is 6.18. The molecule has 0 atom stereocenters. The second-order valence-electron chi connectivity index (χ2n) is 11.3. The van der Waals surface area contributed by atoms with E-state index in [9.17, 15) is 26.4 Å². The summed E-state index contributed by atoms with van der Waals surface area (Å²) >= 11 is 0. The van der Waals surface area contributed by atoms with Gasteiger partial charge in [0.05, 0.1) is 17.0 Å². The number of carbonyl (C=O) groups excluding carboxylic acids is 1. The molecule has 5 aromatic rings. The van der Waals surface area contributed by atoms with E-state index in [1.165, 1.54) is 0 Å². The maximum absolute atomic E-state index is 14.3. The van der Waals surface area contributed by atoms with Gasteiger partial charge >= 0.3 is 6.18 Å². The van der Waals surface area contributed by atoms with Gasteiger partial charge in [-0.05, 0) is 85.8 Å². The number of carbonyl (C=O) groups is 1. The molecule has 6 nitrogen and oxygen atoms in total. The normalized spacial score (nSPS) is 12.6. The first-order valence-electron chi connectivity index (χ1n) is 13.9. The summed E-state index contributed by atoms with van der Waals surface area (Å²) in [5.74, 6) is -1.30. The highest BCUT2D eigenvalue weighted by Gasteiger charge is 2.36. The smallest absolute Gasteiger partial charge is 0.449 e. The molecule has 0 saturated heterocycles. The van der Waals surface area contributed by atoms with Gasteiger partial charge in [-0.1, -0.05) is 54.6 Å². The van der Waals surface area contributed by atoms with Gasteiger partial charge in [0.15, 0.2) is 0 Å². The predicted molar refractivity (Wildman–Crippen MR) is 162 cm³/mol. The highest BCUT2D eigenvalue weighted by atomic mass is 32.2. The molecule has 10 heteroatoms. The first-order chi connectivity index (χ1) is 20.7. The number of alkyl halides is 3. The van der Waals surface area contributed by atoms with Crippen LogP contribution in [0.15, 0.2) is 100 Å². The predicted octanol–water partition coefficient (Wildman–Crippen LogP) is 8.08. The van der Waals surface area contributed by atoms with Crippen LogP contribution in [0.3, 0.4) is 0 Å². The number of hydrogen-bond donors (Lipinski definition) is 0. The number of Topliss-reactive ketones (excluding diaryl/α,β-unsaturated/α-hetero) is 1. The monoisotopic (exact) mass is 620 g/mol. The lowest BCUT2D eigenvalue weighted by Gasteiger charge is -2.24. The number of aryl methyl sites for hydroxylation is 1. The van der Waals surface area contributed by atoms with E-state index < -0.39 is 33.9 Å². The van der Waals surface area contributed by atoms with Gasteiger partial charge in [0.1, 0.15) is 11.5 Å². The molecule has 0 spiro atoms. The van der Waals surface area contributed by atoms with Crippen molar-refractivity contribution in [1.82, 2.24) is 9.29 Å². The van der Waals surface area contributed by atoms with Crippen LogP contribution in [-0.4, -0.2) is 23.5 Å². The van der Waals surface area contributed by atoms with E-state index in [0.29, 0.717) is 22.0 Å². The molecule has 0 aliphatic rings. The molecule has 0 N–H and O–H groups in total. The van der Waals surface area contributed by atoms with Gasteiger partial charge in [-0.25, -0.2) is 8.42 Å². The van der Waals surface area contributed by atoms with Crippen molar-refractivity contribution in [2.24, 2.45) is 0 Å². The van der Waals surface area contributed by atoms with Gasteiger partial charge in [-0.2, -0.15) is 17.5 Å². The summed E-state index contributed by atoms with van der Waals surface area (Å²) in [5.41, 5.74) is 3.56. The molecule has 0 radical (unpaired) electrons. The van der Waals surface area contributed by atoms with Crippen molar-refractivity contribution < 1.29 is 30.8 Å². The molecule has 44 heavy (non-hydrogen) atoms. The summed E-state index contributed by atoms with van der Waals surface area (Å²) in [7, 11) is -4.25. The largest absolute Gasteiger partial charge is 0.455 e. The Kier molecular flexibility index (Phi) is 8.26. The Labute approximate surface area is 254 Å². The average Bonchev–Trinajstić information content (AvgIpc) is 3.46. The molecule has 0 aliphatic heterocycles. The lowest BCUT2D eigenvalue weighted by Crippen LogP contribution is -2.31. The van der Waals surface area contributed by atoms with Crippen molar-refractivity contribution >= 4 is 26.7 Å². The molecule has 0 saturated carbocycles. The minimum atomic E-state index is -4.70. The Bertz CT molecular complexity index is 1950. The van der Waals surface area contributed by atoms with E-state index in [-0.39, 0.29) is 23.0 Å². The van der Waals surface area contributed by atoms with Crippen molar-refractivity contribution in [1.29, 1.82) is 0 Å². The number of benzene rings is 3. The number of ketones is 1. The molecule has 0 bridgehead atoms. The van der Waals surface area contributed by atoms with E-state index in [4.69, 9.17) is 4.42 Å². The van der Waals surface area contributed by atoms with Crippen molar-refractivity contribution in [2.45, 2.75) is 57.3 Å². The highest BCUT2D eigenvalue weighted by Crippen LogP contribution is 2.34.